The SMILES string of the molecule is Cc1cc(NCC(O)CN2CCOCC2)c2cc(OC(F)F)ccc2n1. The number of morpholine rings is 1. The molecule has 0 radical (unpaired) electrons. The third kappa shape index (κ3) is 5.00. The Morgan fingerprint density at radius 1 is 1.31 bits per heavy atom. The van der Waals surface area contributed by atoms with Gasteiger partial charge in [-0.15, -0.1) is 0 Å². The van der Waals surface area contributed by atoms with E-state index in [1.807, 2.05) is 13.0 Å². The number of nitrogens with zero attached hydrogens (tertiary/aromatic N) is 2. The standard InChI is InChI=1S/C18H23F2N3O3/c1-12-8-17(21-10-13(24)11-23-4-6-25-7-5-23)15-9-14(26-18(19)20)2-3-16(15)22-12/h2-3,8-9,13,18,24H,4-7,10-11H2,1H3,(H,21,22). The molecule has 1 aliphatic heterocycles. The number of halogens is 2. The highest BCUT2D eigenvalue weighted by molar-refractivity contribution is 5.92. The van der Waals surface area contributed by atoms with Crippen LogP contribution in [0.1, 0.15) is 5.69 Å². The number of benzene rings is 1. The molecule has 8 heteroatoms. The largest absolute Gasteiger partial charge is 0.435 e. The van der Waals surface area contributed by atoms with E-state index in [-0.39, 0.29) is 5.75 Å². The number of rotatable bonds is 7. The van der Waals surface area contributed by atoms with E-state index in [9.17, 15) is 13.9 Å². The first-order valence-corrected chi connectivity index (χ1v) is 8.59. The number of hydrogen-bond donors (Lipinski definition) is 2. The van der Waals surface area contributed by atoms with E-state index in [0.29, 0.717) is 37.2 Å². The zero-order valence-electron chi connectivity index (χ0n) is 14.6. The fourth-order valence-corrected chi connectivity index (χ4v) is 3.03. The molecule has 2 aromatic rings. The van der Waals surface area contributed by atoms with Crippen LogP contribution in [-0.2, 0) is 4.74 Å². The van der Waals surface area contributed by atoms with Crippen LogP contribution in [0, 0.1) is 6.92 Å². The number of hydrogen-bond acceptors (Lipinski definition) is 6. The van der Waals surface area contributed by atoms with E-state index in [4.69, 9.17) is 4.74 Å². The van der Waals surface area contributed by atoms with Crippen molar-refractivity contribution in [2.45, 2.75) is 19.6 Å². The number of ether oxygens (including phenoxy) is 2. The van der Waals surface area contributed by atoms with Crippen molar-refractivity contribution in [3.8, 4) is 5.75 Å². The maximum Gasteiger partial charge on any atom is 0.387 e. The van der Waals surface area contributed by atoms with E-state index >= 15 is 0 Å². The van der Waals surface area contributed by atoms with Crippen molar-refractivity contribution in [1.82, 2.24) is 9.88 Å². The smallest absolute Gasteiger partial charge is 0.387 e. The lowest BCUT2D eigenvalue weighted by molar-refractivity contribution is -0.0497. The highest BCUT2D eigenvalue weighted by Crippen LogP contribution is 2.28. The Morgan fingerprint density at radius 2 is 2.08 bits per heavy atom. The third-order valence-electron chi connectivity index (χ3n) is 4.23. The molecule has 0 amide bonds. The molecule has 0 bridgehead atoms. The summed E-state index contributed by atoms with van der Waals surface area (Å²) in [6, 6.07) is 6.48. The maximum atomic E-state index is 12.5. The molecule has 0 aliphatic carbocycles. The van der Waals surface area contributed by atoms with E-state index in [0.717, 1.165) is 24.5 Å². The number of aliphatic hydroxyl groups excluding tert-OH is 1. The zero-order valence-corrected chi connectivity index (χ0v) is 14.6. The molecular weight excluding hydrogens is 344 g/mol. The Bertz CT molecular complexity index is 739. The summed E-state index contributed by atoms with van der Waals surface area (Å²) in [7, 11) is 0. The Kier molecular flexibility index (Phi) is 6.18. The average Bonchev–Trinajstić information content (AvgIpc) is 2.60. The van der Waals surface area contributed by atoms with Crippen LogP contribution in [0.5, 0.6) is 5.75 Å². The number of aryl methyl sites for hydroxylation is 1. The molecule has 0 saturated carbocycles. The van der Waals surface area contributed by atoms with Gasteiger partial charge in [-0.2, -0.15) is 8.78 Å². The van der Waals surface area contributed by atoms with Crippen LogP contribution in [0.25, 0.3) is 10.9 Å². The van der Waals surface area contributed by atoms with Gasteiger partial charge < -0.3 is 19.9 Å². The van der Waals surface area contributed by atoms with Gasteiger partial charge >= 0.3 is 6.61 Å². The molecule has 2 heterocycles. The summed E-state index contributed by atoms with van der Waals surface area (Å²) < 4.78 is 34.7. The molecule has 26 heavy (non-hydrogen) atoms. The lowest BCUT2D eigenvalue weighted by Crippen LogP contribution is -2.42. The van der Waals surface area contributed by atoms with Gasteiger partial charge in [0.15, 0.2) is 0 Å². The molecule has 1 aromatic heterocycles. The van der Waals surface area contributed by atoms with Crippen LogP contribution >= 0.6 is 0 Å². The normalized spacial score (nSPS) is 16.8. The van der Waals surface area contributed by atoms with E-state index in [1.165, 1.54) is 12.1 Å². The molecule has 2 N–H and O–H groups in total. The van der Waals surface area contributed by atoms with Gasteiger partial charge in [0.1, 0.15) is 5.75 Å². The van der Waals surface area contributed by atoms with Crippen LogP contribution in [0.15, 0.2) is 24.3 Å². The van der Waals surface area contributed by atoms with Crippen LogP contribution < -0.4 is 10.1 Å². The van der Waals surface area contributed by atoms with Crippen LogP contribution in [0.3, 0.4) is 0 Å². The van der Waals surface area contributed by atoms with Gasteiger partial charge in [0, 0.05) is 42.9 Å². The third-order valence-corrected chi connectivity index (χ3v) is 4.23. The van der Waals surface area contributed by atoms with Crippen molar-refractivity contribution in [3.63, 3.8) is 0 Å². The van der Waals surface area contributed by atoms with Gasteiger partial charge in [-0.1, -0.05) is 0 Å². The average molecular weight is 367 g/mol. The first-order chi connectivity index (χ1) is 12.5. The molecular formula is C18H23F2N3O3. The summed E-state index contributed by atoms with van der Waals surface area (Å²) in [5.41, 5.74) is 2.20. The maximum absolute atomic E-state index is 12.5. The molecule has 142 valence electrons. The lowest BCUT2D eigenvalue weighted by atomic mass is 10.1. The number of alkyl halides is 2. The number of nitrogens with one attached hydrogen (secondary N) is 1. The van der Waals surface area contributed by atoms with Gasteiger partial charge in [-0.05, 0) is 31.2 Å². The second kappa shape index (κ2) is 8.57. The van der Waals surface area contributed by atoms with Gasteiger partial charge in [0.2, 0.25) is 0 Å². The molecule has 1 aromatic carbocycles. The highest BCUT2D eigenvalue weighted by atomic mass is 19.3. The summed E-state index contributed by atoms with van der Waals surface area (Å²) >= 11 is 0. The zero-order chi connectivity index (χ0) is 18.5. The number of anilines is 1. The van der Waals surface area contributed by atoms with Crippen molar-refractivity contribution in [3.05, 3.63) is 30.0 Å². The number of fused-ring (bicyclic) bond motifs is 1. The minimum Gasteiger partial charge on any atom is -0.435 e. The van der Waals surface area contributed by atoms with Gasteiger partial charge in [0.25, 0.3) is 0 Å². The summed E-state index contributed by atoms with van der Waals surface area (Å²) in [4.78, 5) is 6.56. The predicted molar refractivity (Wildman–Crippen MR) is 94.9 cm³/mol. The molecule has 1 aliphatic rings. The van der Waals surface area contributed by atoms with Gasteiger partial charge in [-0.25, -0.2) is 0 Å². The first kappa shape index (κ1) is 18.8. The Hall–Kier alpha value is -2.03. The number of aromatic nitrogens is 1. The molecule has 3 rings (SSSR count). The lowest BCUT2D eigenvalue weighted by Gasteiger charge is -2.28. The van der Waals surface area contributed by atoms with Crippen molar-refractivity contribution in [2.75, 3.05) is 44.7 Å². The molecule has 1 saturated heterocycles. The Balaban J connectivity index is 1.70. The minimum absolute atomic E-state index is 0.0788. The summed E-state index contributed by atoms with van der Waals surface area (Å²) in [5.74, 6) is 0.0788. The Morgan fingerprint density at radius 3 is 2.81 bits per heavy atom. The van der Waals surface area contributed by atoms with E-state index in [1.54, 1.807) is 6.07 Å². The van der Waals surface area contributed by atoms with Crippen LogP contribution in [-0.4, -0.2) is 67.1 Å². The summed E-state index contributed by atoms with van der Waals surface area (Å²) in [5, 5.41) is 14.2. The monoisotopic (exact) mass is 367 g/mol. The second-order valence-corrected chi connectivity index (χ2v) is 6.32. The van der Waals surface area contributed by atoms with Gasteiger partial charge in [-0.3, -0.25) is 9.88 Å². The van der Waals surface area contributed by atoms with Crippen LogP contribution in [0.2, 0.25) is 0 Å². The fourth-order valence-electron chi connectivity index (χ4n) is 3.03. The molecule has 1 atom stereocenters. The predicted octanol–water partition coefficient (Wildman–Crippen LogP) is 2.25. The topological polar surface area (TPSA) is 66.9 Å². The van der Waals surface area contributed by atoms with Crippen LogP contribution in [0.4, 0.5) is 14.5 Å². The number of β-amino-alcohol motifs (C(OH)–C–C–N with tert-alkyl or cyclic N) is 1. The first-order valence-electron chi connectivity index (χ1n) is 8.59. The quantitative estimate of drug-likeness (QED) is 0.783. The Labute approximate surface area is 150 Å². The van der Waals surface area contributed by atoms with E-state index < -0.39 is 12.7 Å². The van der Waals surface area contributed by atoms with Crippen molar-refractivity contribution in [1.29, 1.82) is 0 Å². The van der Waals surface area contributed by atoms with Crippen molar-refractivity contribution in [2.24, 2.45) is 0 Å². The number of pyridine rings is 1. The molecule has 0 spiro atoms. The fraction of sp³-hybridized carbons (Fsp3) is 0.500. The molecule has 1 fully saturated rings. The van der Waals surface area contributed by atoms with Crippen molar-refractivity contribution < 1.29 is 23.4 Å². The summed E-state index contributed by atoms with van der Waals surface area (Å²) in [6.07, 6.45) is -0.558. The van der Waals surface area contributed by atoms with E-state index in [2.05, 4.69) is 19.9 Å². The minimum atomic E-state index is -2.88. The molecule has 1 unspecified atom stereocenters. The second-order valence-electron chi connectivity index (χ2n) is 6.32. The van der Waals surface area contributed by atoms with Gasteiger partial charge in [0.05, 0.1) is 24.8 Å². The molecule has 6 nitrogen and oxygen atoms in total. The van der Waals surface area contributed by atoms with Crippen molar-refractivity contribution >= 4 is 16.6 Å². The summed E-state index contributed by atoms with van der Waals surface area (Å²) in [6.45, 7) is 2.86. The number of aliphatic hydroxyl groups is 1. The highest BCUT2D eigenvalue weighted by Gasteiger charge is 2.15.